The van der Waals surface area contributed by atoms with Crippen molar-refractivity contribution < 1.29 is 9.53 Å². The van der Waals surface area contributed by atoms with Gasteiger partial charge in [0.15, 0.2) is 0 Å². The number of amides is 1. The van der Waals surface area contributed by atoms with E-state index in [0.29, 0.717) is 18.6 Å². The summed E-state index contributed by atoms with van der Waals surface area (Å²) in [5.74, 6) is 1.03. The summed E-state index contributed by atoms with van der Waals surface area (Å²) in [5, 5.41) is 3.60. The van der Waals surface area contributed by atoms with Crippen molar-refractivity contribution in [3.63, 3.8) is 0 Å². The number of likely N-dealkylation sites (tertiary alicyclic amines) is 1. The van der Waals surface area contributed by atoms with Crippen LogP contribution in [0.25, 0.3) is 0 Å². The molecule has 0 unspecified atom stereocenters. The highest BCUT2D eigenvalue weighted by atomic mass is 16.5. The Kier molecular flexibility index (Phi) is 6.68. The lowest BCUT2D eigenvalue weighted by Gasteiger charge is -2.32. The molecule has 1 aromatic heterocycles. The smallest absolute Gasteiger partial charge is 0.222 e. The molecule has 2 aliphatic rings. The van der Waals surface area contributed by atoms with Crippen molar-refractivity contribution in [2.45, 2.75) is 77.0 Å². The first kappa shape index (κ1) is 18.2. The van der Waals surface area contributed by atoms with Gasteiger partial charge in [0.25, 0.3) is 0 Å². The number of ether oxygens (including phenoxy) is 1. The van der Waals surface area contributed by atoms with Crippen LogP contribution >= 0.6 is 0 Å². The molecule has 1 saturated carbocycles. The molecular formula is C20H31N3O2. The Hall–Kier alpha value is -1.62. The lowest BCUT2D eigenvalue weighted by molar-refractivity contribution is -0.131. The maximum atomic E-state index is 11.7. The van der Waals surface area contributed by atoms with Crippen LogP contribution in [0, 0.1) is 0 Å². The molecule has 0 radical (unpaired) electrons. The Labute approximate surface area is 151 Å². The van der Waals surface area contributed by atoms with Crippen molar-refractivity contribution in [2.24, 2.45) is 0 Å². The van der Waals surface area contributed by atoms with Gasteiger partial charge < -0.3 is 15.0 Å². The molecule has 2 heterocycles. The summed E-state index contributed by atoms with van der Waals surface area (Å²) in [6.07, 6.45) is 11.1. The monoisotopic (exact) mass is 345 g/mol. The van der Waals surface area contributed by atoms with Crippen LogP contribution in [0.1, 0.15) is 63.9 Å². The fraction of sp³-hybridized carbons (Fsp3) is 0.700. The highest BCUT2D eigenvalue weighted by Crippen LogP contribution is 2.22. The minimum absolute atomic E-state index is 0.274. The number of hydrogen-bond donors (Lipinski definition) is 1. The van der Waals surface area contributed by atoms with E-state index in [4.69, 9.17) is 4.74 Å². The quantitative estimate of drug-likeness (QED) is 0.860. The second-order valence-electron chi connectivity index (χ2n) is 7.27. The summed E-state index contributed by atoms with van der Waals surface area (Å²) >= 11 is 0. The van der Waals surface area contributed by atoms with E-state index in [0.717, 1.165) is 51.2 Å². The van der Waals surface area contributed by atoms with Crippen molar-refractivity contribution in [3.05, 3.63) is 23.9 Å². The molecule has 1 aliphatic heterocycles. The maximum Gasteiger partial charge on any atom is 0.222 e. The minimum Gasteiger partial charge on any atom is -0.474 e. The molecule has 1 aliphatic carbocycles. The fourth-order valence-electron chi connectivity index (χ4n) is 3.76. The van der Waals surface area contributed by atoms with E-state index in [2.05, 4.69) is 16.4 Å². The molecule has 0 aromatic carbocycles. The number of aromatic nitrogens is 1. The summed E-state index contributed by atoms with van der Waals surface area (Å²) < 4.78 is 5.98. The lowest BCUT2D eigenvalue weighted by Crippen LogP contribution is -2.44. The molecule has 1 N–H and O–H groups in total. The zero-order chi connectivity index (χ0) is 17.5. The number of rotatable bonds is 6. The van der Waals surface area contributed by atoms with Crippen molar-refractivity contribution >= 4 is 5.91 Å². The van der Waals surface area contributed by atoms with Gasteiger partial charge in [0, 0.05) is 44.4 Å². The predicted octanol–water partition coefficient (Wildman–Crippen LogP) is 3.28. The summed E-state index contributed by atoms with van der Waals surface area (Å²) in [7, 11) is 0. The van der Waals surface area contributed by atoms with E-state index >= 15 is 0 Å². The van der Waals surface area contributed by atoms with Gasteiger partial charge in [-0.2, -0.15) is 0 Å². The molecule has 5 nitrogen and oxygen atoms in total. The Balaban J connectivity index is 1.39. The van der Waals surface area contributed by atoms with Gasteiger partial charge in [0.1, 0.15) is 6.10 Å². The SMILES string of the molecule is CCC(=O)N1CCC(NCc2ccc(OC3CCCCC3)nc2)CC1. The van der Waals surface area contributed by atoms with Crippen molar-refractivity contribution in [1.29, 1.82) is 0 Å². The molecule has 3 rings (SSSR count). The van der Waals surface area contributed by atoms with Crippen LogP contribution in [-0.2, 0) is 11.3 Å². The Morgan fingerprint density at radius 2 is 1.96 bits per heavy atom. The molecule has 2 fully saturated rings. The van der Waals surface area contributed by atoms with E-state index in [1.807, 2.05) is 24.1 Å². The van der Waals surface area contributed by atoms with Gasteiger partial charge in [-0.25, -0.2) is 4.98 Å². The first-order valence-corrected chi connectivity index (χ1v) is 9.87. The summed E-state index contributed by atoms with van der Waals surface area (Å²) in [4.78, 5) is 18.2. The average molecular weight is 345 g/mol. The molecule has 0 atom stereocenters. The van der Waals surface area contributed by atoms with Gasteiger partial charge in [-0.05, 0) is 44.1 Å². The summed E-state index contributed by atoms with van der Waals surface area (Å²) in [6, 6.07) is 4.58. The van der Waals surface area contributed by atoms with Gasteiger partial charge in [0.05, 0.1) is 0 Å². The molecule has 25 heavy (non-hydrogen) atoms. The van der Waals surface area contributed by atoms with Gasteiger partial charge in [-0.1, -0.05) is 19.4 Å². The molecule has 1 saturated heterocycles. The lowest BCUT2D eigenvalue weighted by atomic mass is 9.98. The van der Waals surface area contributed by atoms with Crippen LogP contribution in [0.3, 0.4) is 0 Å². The maximum absolute atomic E-state index is 11.7. The Morgan fingerprint density at radius 1 is 1.20 bits per heavy atom. The molecule has 5 heteroatoms. The van der Waals surface area contributed by atoms with Gasteiger partial charge in [-0.15, -0.1) is 0 Å². The topological polar surface area (TPSA) is 54.5 Å². The van der Waals surface area contributed by atoms with Crippen LogP contribution < -0.4 is 10.1 Å². The molecule has 0 bridgehead atoms. The predicted molar refractivity (Wildman–Crippen MR) is 98.5 cm³/mol. The highest BCUT2D eigenvalue weighted by Gasteiger charge is 2.21. The number of nitrogens with zero attached hydrogens (tertiary/aromatic N) is 2. The van der Waals surface area contributed by atoms with E-state index in [9.17, 15) is 4.79 Å². The number of carbonyl (C=O) groups is 1. The zero-order valence-corrected chi connectivity index (χ0v) is 15.4. The van der Waals surface area contributed by atoms with Gasteiger partial charge >= 0.3 is 0 Å². The Morgan fingerprint density at radius 3 is 2.60 bits per heavy atom. The number of pyridine rings is 1. The van der Waals surface area contributed by atoms with Crippen molar-refractivity contribution in [3.8, 4) is 5.88 Å². The average Bonchev–Trinajstić information content (AvgIpc) is 2.68. The van der Waals surface area contributed by atoms with E-state index < -0.39 is 0 Å². The number of hydrogen-bond acceptors (Lipinski definition) is 4. The van der Waals surface area contributed by atoms with Crippen LogP contribution in [0.5, 0.6) is 5.88 Å². The van der Waals surface area contributed by atoms with E-state index in [1.54, 1.807) is 0 Å². The second kappa shape index (κ2) is 9.18. The van der Waals surface area contributed by atoms with Crippen LogP contribution in [0.4, 0.5) is 0 Å². The molecule has 1 aromatic rings. The van der Waals surface area contributed by atoms with E-state index in [1.165, 1.54) is 24.8 Å². The molecule has 138 valence electrons. The van der Waals surface area contributed by atoms with Crippen molar-refractivity contribution in [1.82, 2.24) is 15.2 Å². The first-order chi connectivity index (χ1) is 12.2. The Bertz CT molecular complexity index is 532. The fourth-order valence-corrected chi connectivity index (χ4v) is 3.76. The third kappa shape index (κ3) is 5.43. The third-order valence-electron chi connectivity index (χ3n) is 5.38. The largest absolute Gasteiger partial charge is 0.474 e. The number of carbonyl (C=O) groups excluding carboxylic acids is 1. The molecular weight excluding hydrogens is 314 g/mol. The zero-order valence-electron chi connectivity index (χ0n) is 15.4. The second-order valence-corrected chi connectivity index (χ2v) is 7.27. The van der Waals surface area contributed by atoms with Crippen LogP contribution in [0.2, 0.25) is 0 Å². The standard InChI is InChI=1S/C20H31N3O2/c1-2-20(24)23-12-10-17(11-13-23)21-14-16-8-9-19(22-15-16)25-18-6-4-3-5-7-18/h8-9,15,17-18,21H,2-7,10-14H2,1H3. The van der Waals surface area contributed by atoms with Gasteiger partial charge in [0.2, 0.25) is 11.8 Å². The van der Waals surface area contributed by atoms with Gasteiger partial charge in [-0.3, -0.25) is 4.79 Å². The first-order valence-electron chi connectivity index (χ1n) is 9.87. The minimum atomic E-state index is 0.274. The van der Waals surface area contributed by atoms with Crippen molar-refractivity contribution in [2.75, 3.05) is 13.1 Å². The normalized spacial score (nSPS) is 19.8. The van der Waals surface area contributed by atoms with Crippen LogP contribution in [-0.4, -0.2) is 41.0 Å². The summed E-state index contributed by atoms with van der Waals surface area (Å²) in [6.45, 7) is 4.50. The molecule has 0 spiro atoms. The third-order valence-corrected chi connectivity index (χ3v) is 5.38. The molecule has 1 amide bonds. The highest BCUT2D eigenvalue weighted by molar-refractivity contribution is 5.75. The number of piperidine rings is 1. The van der Waals surface area contributed by atoms with Crippen LogP contribution in [0.15, 0.2) is 18.3 Å². The summed E-state index contributed by atoms with van der Waals surface area (Å²) in [5.41, 5.74) is 1.18. The van der Waals surface area contributed by atoms with E-state index in [-0.39, 0.29) is 5.91 Å². The number of nitrogens with one attached hydrogen (secondary N) is 1.